The molecule has 6 heteroatoms. The summed E-state index contributed by atoms with van der Waals surface area (Å²) in [7, 11) is 4.12. The maximum atomic E-state index is 4.69. The van der Waals surface area contributed by atoms with Gasteiger partial charge in [0.05, 0.1) is 10.9 Å². The second kappa shape index (κ2) is 5.72. The van der Waals surface area contributed by atoms with E-state index in [4.69, 9.17) is 0 Å². The third-order valence-corrected chi connectivity index (χ3v) is 4.06. The lowest BCUT2D eigenvalue weighted by atomic mass is 10.2. The summed E-state index contributed by atoms with van der Waals surface area (Å²) in [5.74, 6) is 0.946. The Morgan fingerprint density at radius 1 is 1.12 bits per heavy atom. The molecule has 0 fully saturated rings. The zero-order valence-electron chi connectivity index (χ0n) is 14.1. The zero-order chi connectivity index (χ0) is 16.7. The van der Waals surface area contributed by atoms with Crippen LogP contribution < -0.4 is 5.32 Å². The van der Waals surface area contributed by atoms with Gasteiger partial charge in [0.15, 0.2) is 11.3 Å². The van der Waals surface area contributed by atoms with Gasteiger partial charge in [-0.1, -0.05) is 18.2 Å². The van der Waals surface area contributed by atoms with Crippen LogP contribution in [0.25, 0.3) is 27.6 Å². The fourth-order valence-corrected chi connectivity index (χ4v) is 2.87. The van der Waals surface area contributed by atoms with E-state index in [0.717, 1.165) is 52.2 Å². The van der Waals surface area contributed by atoms with E-state index in [0.29, 0.717) is 0 Å². The van der Waals surface area contributed by atoms with Crippen molar-refractivity contribution in [3.63, 3.8) is 0 Å². The molecule has 0 saturated heterocycles. The summed E-state index contributed by atoms with van der Waals surface area (Å²) in [6.07, 6.45) is 0. The van der Waals surface area contributed by atoms with Gasteiger partial charge < -0.3 is 10.2 Å². The molecule has 0 bridgehead atoms. The van der Waals surface area contributed by atoms with Crippen molar-refractivity contribution in [1.82, 2.24) is 24.5 Å². The highest BCUT2D eigenvalue weighted by Crippen LogP contribution is 2.24. The Kier molecular flexibility index (Phi) is 3.54. The first-order valence-corrected chi connectivity index (χ1v) is 8.06. The predicted octanol–water partition coefficient (Wildman–Crippen LogP) is 2.71. The number of benzene rings is 1. The second-order valence-electron chi connectivity index (χ2n) is 6.30. The van der Waals surface area contributed by atoms with E-state index >= 15 is 0 Å². The number of hydrogen-bond acceptors (Lipinski definition) is 5. The van der Waals surface area contributed by atoms with Gasteiger partial charge in [0.2, 0.25) is 0 Å². The van der Waals surface area contributed by atoms with E-state index in [1.165, 1.54) is 0 Å². The summed E-state index contributed by atoms with van der Waals surface area (Å²) in [4.78, 5) is 11.5. The fraction of sp³-hybridized carbons (Fsp3) is 0.278. The number of nitrogens with zero attached hydrogens (tertiary/aromatic N) is 5. The highest BCUT2D eigenvalue weighted by atomic mass is 15.3. The number of nitrogens with one attached hydrogen (secondary N) is 1. The number of anilines is 1. The Morgan fingerprint density at radius 3 is 2.79 bits per heavy atom. The van der Waals surface area contributed by atoms with Crippen LogP contribution >= 0.6 is 0 Å². The molecule has 4 aromatic rings. The second-order valence-corrected chi connectivity index (χ2v) is 6.30. The van der Waals surface area contributed by atoms with Gasteiger partial charge >= 0.3 is 0 Å². The van der Waals surface area contributed by atoms with Gasteiger partial charge in [-0.15, -0.1) is 5.10 Å². The molecule has 0 radical (unpaired) electrons. The summed E-state index contributed by atoms with van der Waals surface area (Å²) >= 11 is 0. The maximum Gasteiger partial charge on any atom is 0.184 e. The highest BCUT2D eigenvalue weighted by molar-refractivity contribution is 5.98. The third-order valence-electron chi connectivity index (χ3n) is 4.06. The Bertz CT molecular complexity index is 1030. The van der Waals surface area contributed by atoms with Crippen molar-refractivity contribution in [3.8, 4) is 0 Å². The van der Waals surface area contributed by atoms with Crippen LogP contribution in [0.5, 0.6) is 0 Å². The van der Waals surface area contributed by atoms with Crippen LogP contribution in [0.15, 0.2) is 36.4 Å². The maximum absolute atomic E-state index is 4.69. The van der Waals surface area contributed by atoms with Crippen LogP contribution in [0.1, 0.15) is 5.69 Å². The van der Waals surface area contributed by atoms with E-state index in [1.54, 1.807) is 0 Å². The minimum Gasteiger partial charge on any atom is -0.369 e. The molecule has 0 unspecified atom stereocenters. The SMILES string of the molecule is Cc1cc(NCCN(C)C)n2nc3nc4ccccc4cc3c2n1. The summed E-state index contributed by atoms with van der Waals surface area (Å²) in [5, 5.41) is 10.2. The Balaban J connectivity index is 1.89. The minimum atomic E-state index is 0.724. The number of likely N-dealkylation sites (N-methyl/N-ethyl adjacent to an activating group) is 1. The average Bonchev–Trinajstić information content (AvgIpc) is 2.90. The van der Waals surface area contributed by atoms with Crippen molar-refractivity contribution in [2.45, 2.75) is 6.92 Å². The molecule has 0 aliphatic rings. The van der Waals surface area contributed by atoms with Crippen molar-refractivity contribution in [1.29, 1.82) is 0 Å². The number of hydrogen-bond donors (Lipinski definition) is 1. The highest BCUT2D eigenvalue weighted by Gasteiger charge is 2.12. The first-order valence-electron chi connectivity index (χ1n) is 8.06. The zero-order valence-corrected chi connectivity index (χ0v) is 14.1. The van der Waals surface area contributed by atoms with E-state index < -0.39 is 0 Å². The Hall–Kier alpha value is -2.73. The molecule has 3 heterocycles. The molecule has 6 nitrogen and oxygen atoms in total. The minimum absolute atomic E-state index is 0.724. The molecule has 24 heavy (non-hydrogen) atoms. The monoisotopic (exact) mass is 320 g/mol. The van der Waals surface area contributed by atoms with Crippen molar-refractivity contribution in [2.75, 3.05) is 32.5 Å². The lowest BCUT2D eigenvalue weighted by Gasteiger charge is -2.12. The Labute approximate surface area is 140 Å². The van der Waals surface area contributed by atoms with E-state index in [-0.39, 0.29) is 0 Å². The molecule has 4 rings (SSSR count). The van der Waals surface area contributed by atoms with Crippen molar-refractivity contribution in [3.05, 3.63) is 42.1 Å². The van der Waals surface area contributed by atoms with Gasteiger partial charge in [-0.3, -0.25) is 0 Å². The van der Waals surface area contributed by atoms with Gasteiger partial charge in [0.25, 0.3) is 0 Å². The molecular formula is C18H20N6. The predicted molar refractivity (Wildman–Crippen MR) is 97.6 cm³/mol. The number of fused-ring (bicyclic) bond motifs is 4. The van der Waals surface area contributed by atoms with Crippen LogP contribution in [-0.4, -0.2) is 51.7 Å². The van der Waals surface area contributed by atoms with Gasteiger partial charge in [-0.2, -0.15) is 4.52 Å². The average molecular weight is 320 g/mol. The molecule has 0 aliphatic carbocycles. The van der Waals surface area contributed by atoms with Crippen LogP contribution in [0.2, 0.25) is 0 Å². The van der Waals surface area contributed by atoms with Gasteiger partial charge in [0.1, 0.15) is 5.82 Å². The molecule has 0 spiro atoms. The normalized spacial score (nSPS) is 11.8. The lowest BCUT2D eigenvalue weighted by Crippen LogP contribution is -2.21. The van der Waals surface area contributed by atoms with E-state index in [1.807, 2.05) is 35.7 Å². The lowest BCUT2D eigenvalue weighted by molar-refractivity contribution is 0.425. The molecular weight excluding hydrogens is 300 g/mol. The molecule has 122 valence electrons. The van der Waals surface area contributed by atoms with E-state index in [2.05, 4.69) is 51.5 Å². The smallest absolute Gasteiger partial charge is 0.184 e. The van der Waals surface area contributed by atoms with Gasteiger partial charge in [-0.05, 0) is 33.2 Å². The van der Waals surface area contributed by atoms with Gasteiger partial charge in [-0.25, -0.2) is 9.97 Å². The summed E-state index contributed by atoms with van der Waals surface area (Å²) in [6.45, 7) is 3.80. The summed E-state index contributed by atoms with van der Waals surface area (Å²) in [6, 6.07) is 12.2. The number of rotatable bonds is 4. The molecule has 1 aromatic carbocycles. The van der Waals surface area contributed by atoms with Crippen LogP contribution in [-0.2, 0) is 0 Å². The third kappa shape index (κ3) is 2.55. The first-order chi connectivity index (χ1) is 11.6. The molecule has 3 aromatic heterocycles. The largest absolute Gasteiger partial charge is 0.369 e. The number of pyridine rings is 1. The quantitative estimate of drug-likeness (QED) is 0.626. The topological polar surface area (TPSA) is 58.4 Å². The van der Waals surface area contributed by atoms with Crippen molar-refractivity contribution >= 4 is 33.4 Å². The molecule has 0 saturated carbocycles. The number of aromatic nitrogens is 4. The number of para-hydroxylation sites is 1. The Morgan fingerprint density at radius 2 is 1.96 bits per heavy atom. The molecule has 0 amide bonds. The fourth-order valence-electron chi connectivity index (χ4n) is 2.87. The van der Waals surface area contributed by atoms with Crippen LogP contribution in [0.4, 0.5) is 5.82 Å². The summed E-state index contributed by atoms with van der Waals surface area (Å²) in [5.41, 5.74) is 3.48. The number of aryl methyl sites for hydroxylation is 1. The standard InChI is InChI=1S/C18H20N6/c1-12-10-16(19-8-9-23(2)3)24-18(20-12)14-11-13-6-4-5-7-15(13)21-17(14)22-24/h4-7,10-11,19H,8-9H2,1-3H3. The first kappa shape index (κ1) is 14.8. The van der Waals surface area contributed by atoms with Gasteiger partial charge in [0, 0.05) is 30.2 Å². The van der Waals surface area contributed by atoms with E-state index in [9.17, 15) is 0 Å². The van der Waals surface area contributed by atoms with Crippen molar-refractivity contribution < 1.29 is 0 Å². The molecule has 1 N–H and O–H groups in total. The van der Waals surface area contributed by atoms with Crippen molar-refractivity contribution in [2.24, 2.45) is 0 Å². The van der Waals surface area contributed by atoms with Crippen LogP contribution in [0, 0.1) is 6.92 Å². The molecule has 0 aliphatic heterocycles. The van der Waals surface area contributed by atoms with Crippen LogP contribution in [0.3, 0.4) is 0 Å². The molecule has 0 atom stereocenters. The summed E-state index contributed by atoms with van der Waals surface area (Å²) < 4.78 is 1.86.